The number of carbonyl (C=O) groups excluding carboxylic acids is 2. The molecule has 184 valence electrons. The van der Waals surface area contributed by atoms with Crippen molar-refractivity contribution < 1.29 is 18.4 Å². The molecule has 0 aliphatic carbocycles. The minimum Gasteiger partial charge on any atom is -0.519 e. The first-order chi connectivity index (χ1) is 13.7. The molecule has 6 nitrogen and oxygen atoms in total. The van der Waals surface area contributed by atoms with E-state index in [2.05, 4.69) is 49.2 Å². The SMILES string of the molecule is C[Si](C)(C)NC(CSCSCC(N[Si](C)(C)C)C(=O)O[Si](C)(C)C)C(=O)O[Si](C)(C)C. The molecule has 0 bridgehead atoms. The Morgan fingerprint density at radius 1 is 0.645 bits per heavy atom. The van der Waals surface area contributed by atoms with Crippen LogP contribution in [-0.2, 0) is 18.4 Å². The Bertz CT molecular complexity index is 535. The maximum absolute atomic E-state index is 12.7. The first-order valence-electron chi connectivity index (χ1n) is 10.9. The third kappa shape index (κ3) is 18.5. The van der Waals surface area contributed by atoms with Crippen LogP contribution in [0.2, 0.25) is 78.6 Å². The van der Waals surface area contributed by atoms with Crippen LogP contribution < -0.4 is 9.96 Å². The summed E-state index contributed by atoms with van der Waals surface area (Å²) in [4.78, 5) is 32.4. The Hall–Kier alpha value is 0.428. The number of hydrogen-bond acceptors (Lipinski definition) is 8. The van der Waals surface area contributed by atoms with Crippen LogP contribution >= 0.6 is 23.5 Å². The molecule has 0 radical (unpaired) electrons. The monoisotopic (exact) mass is 542 g/mol. The second-order valence-electron chi connectivity index (χ2n) is 11.8. The third-order valence-electron chi connectivity index (χ3n) is 3.33. The normalized spacial score (nSPS) is 15.4. The van der Waals surface area contributed by atoms with Crippen LogP contribution in [0.5, 0.6) is 0 Å². The fourth-order valence-electron chi connectivity index (χ4n) is 2.52. The minimum absolute atomic E-state index is 0.129. The number of rotatable bonds is 14. The predicted molar refractivity (Wildman–Crippen MR) is 149 cm³/mol. The number of nitrogens with one attached hydrogen (secondary N) is 2. The van der Waals surface area contributed by atoms with Gasteiger partial charge in [-0.15, -0.1) is 23.5 Å². The van der Waals surface area contributed by atoms with Gasteiger partial charge >= 0.3 is 11.9 Å². The third-order valence-corrected chi connectivity index (χ3v) is 9.86. The predicted octanol–water partition coefficient (Wildman–Crippen LogP) is 4.75. The zero-order valence-electron chi connectivity index (χ0n) is 21.7. The molecular weight excluding hydrogens is 497 g/mol. The van der Waals surface area contributed by atoms with Gasteiger partial charge in [-0.1, -0.05) is 39.3 Å². The number of thioether (sulfide) groups is 2. The van der Waals surface area contributed by atoms with E-state index in [1.165, 1.54) is 0 Å². The summed E-state index contributed by atoms with van der Waals surface area (Å²) in [6.45, 7) is 25.3. The van der Waals surface area contributed by atoms with Crippen LogP contribution in [0, 0.1) is 0 Å². The molecule has 0 rings (SSSR count). The van der Waals surface area contributed by atoms with E-state index in [1.54, 1.807) is 23.5 Å². The van der Waals surface area contributed by atoms with E-state index < -0.39 is 33.1 Å². The molecule has 0 aromatic carbocycles. The van der Waals surface area contributed by atoms with E-state index in [4.69, 9.17) is 8.85 Å². The summed E-state index contributed by atoms with van der Waals surface area (Å²) >= 11 is 3.44. The fraction of sp³-hybridized carbons (Fsp3) is 0.895. The van der Waals surface area contributed by atoms with Gasteiger partial charge in [0.1, 0.15) is 28.6 Å². The zero-order valence-corrected chi connectivity index (χ0v) is 27.4. The molecule has 2 N–H and O–H groups in total. The molecular formula is C19H46N2O4S2Si4. The highest BCUT2D eigenvalue weighted by Crippen LogP contribution is 2.18. The molecule has 0 heterocycles. The molecule has 0 saturated heterocycles. The van der Waals surface area contributed by atoms with Crippen molar-refractivity contribution in [2.45, 2.75) is 90.6 Å². The summed E-state index contributed by atoms with van der Waals surface area (Å²) < 4.78 is 11.5. The van der Waals surface area contributed by atoms with Gasteiger partial charge in [0.15, 0.2) is 0 Å². The molecule has 0 aromatic heterocycles. The van der Waals surface area contributed by atoms with E-state index >= 15 is 0 Å². The van der Waals surface area contributed by atoms with Gasteiger partial charge < -0.3 is 18.8 Å². The summed E-state index contributed by atoms with van der Waals surface area (Å²) in [5.74, 6) is 1.09. The van der Waals surface area contributed by atoms with Gasteiger partial charge in [0.05, 0.1) is 0 Å². The van der Waals surface area contributed by atoms with Crippen LogP contribution in [0.15, 0.2) is 0 Å². The van der Waals surface area contributed by atoms with Gasteiger partial charge in [-0.3, -0.25) is 9.59 Å². The summed E-state index contributed by atoms with van der Waals surface area (Å²) in [6.07, 6.45) is 0. The van der Waals surface area contributed by atoms with Crippen LogP contribution in [0.3, 0.4) is 0 Å². The lowest BCUT2D eigenvalue weighted by atomic mass is 10.4. The van der Waals surface area contributed by atoms with E-state index in [0.29, 0.717) is 11.5 Å². The standard InChI is InChI=1S/C19H46N2O4S2Si4/c1-28(2,3)20-16(18(22)24-30(7,8)9)13-26-15-27-14-17(21-29(4,5)6)19(23)25-31(10,11)12/h16-17,20-21H,13-15H2,1-12H3. The van der Waals surface area contributed by atoms with Gasteiger partial charge in [0, 0.05) is 16.6 Å². The lowest BCUT2D eigenvalue weighted by Gasteiger charge is -2.29. The largest absolute Gasteiger partial charge is 0.519 e. The Balaban J connectivity index is 4.82. The number of carbonyl (C=O) groups is 2. The van der Waals surface area contributed by atoms with Crippen molar-refractivity contribution in [3.8, 4) is 0 Å². The van der Waals surface area contributed by atoms with Gasteiger partial charge in [-0.05, 0) is 39.3 Å². The lowest BCUT2D eigenvalue weighted by molar-refractivity contribution is -0.137. The maximum Gasteiger partial charge on any atom is 0.310 e. The highest BCUT2D eigenvalue weighted by Gasteiger charge is 2.31. The molecule has 0 aliphatic rings. The molecule has 0 fully saturated rings. The van der Waals surface area contributed by atoms with E-state index in [1.807, 2.05) is 39.3 Å². The van der Waals surface area contributed by atoms with Crippen LogP contribution in [-0.4, -0.2) is 73.7 Å². The van der Waals surface area contributed by atoms with Crippen LogP contribution in [0.4, 0.5) is 0 Å². The summed E-state index contributed by atoms with van der Waals surface area (Å²) in [5, 5.41) is 0.814. The van der Waals surface area contributed by atoms with Gasteiger partial charge in [0.2, 0.25) is 16.6 Å². The number of hydrogen-bond donors (Lipinski definition) is 2. The van der Waals surface area contributed by atoms with E-state index in [0.717, 1.165) is 5.08 Å². The molecule has 0 amide bonds. The zero-order chi connectivity index (χ0) is 24.7. The maximum atomic E-state index is 12.7. The Morgan fingerprint density at radius 2 is 0.935 bits per heavy atom. The van der Waals surface area contributed by atoms with Crippen molar-refractivity contribution >= 4 is 68.6 Å². The molecule has 12 heteroatoms. The van der Waals surface area contributed by atoms with E-state index in [9.17, 15) is 9.59 Å². The van der Waals surface area contributed by atoms with Gasteiger partial charge in [-0.2, -0.15) is 0 Å². The fourth-order valence-corrected chi connectivity index (χ4v) is 8.99. The highest BCUT2D eigenvalue weighted by molar-refractivity contribution is 8.16. The quantitative estimate of drug-likeness (QED) is 0.185. The second-order valence-corrected chi connectivity index (χ2v) is 32.7. The van der Waals surface area contributed by atoms with Gasteiger partial charge in [-0.25, -0.2) is 0 Å². The highest BCUT2D eigenvalue weighted by atomic mass is 32.2. The molecule has 0 saturated carbocycles. The van der Waals surface area contributed by atoms with Crippen molar-refractivity contribution in [2.24, 2.45) is 0 Å². The van der Waals surface area contributed by atoms with Crippen LogP contribution in [0.25, 0.3) is 0 Å². The summed E-state index contributed by atoms with van der Waals surface area (Å²) in [5.41, 5.74) is 0. The van der Waals surface area contributed by atoms with Crippen molar-refractivity contribution in [1.29, 1.82) is 0 Å². The van der Waals surface area contributed by atoms with Crippen LogP contribution in [0.1, 0.15) is 0 Å². The molecule has 0 aliphatic heterocycles. The smallest absolute Gasteiger partial charge is 0.310 e. The Labute approximate surface area is 203 Å². The molecule has 0 spiro atoms. The molecule has 0 aromatic rings. The first kappa shape index (κ1) is 31.4. The van der Waals surface area contributed by atoms with Crippen molar-refractivity contribution in [3.05, 3.63) is 0 Å². The second kappa shape index (κ2) is 12.8. The Morgan fingerprint density at radius 3 is 1.16 bits per heavy atom. The average Bonchev–Trinajstić information content (AvgIpc) is 2.46. The average molecular weight is 543 g/mol. The lowest BCUT2D eigenvalue weighted by Crippen LogP contribution is -2.54. The van der Waals surface area contributed by atoms with Crippen molar-refractivity contribution in [3.63, 3.8) is 0 Å². The molecule has 31 heavy (non-hydrogen) atoms. The Kier molecular flexibility index (Phi) is 12.9. The summed E-state index contributed by atoms with van der Waals surface area (Å²) in [7, 11) is -7.10. The minimum atomic E-state index is -1.92. The molecule has 2 unspecified atom stereocenters. The van der Waals surface area contributed by atoms with E-state index in [-0.39, 0.29) is 24.0 Å². The first-order valence-corrected chi connectivity index (χ1v) is 27.0. The topological polar surface area (TPSA) is 76.7 Å². The van der Waals surface area contributed by atoms with Crippen molar-refractivity contribution in [2.75, 3.05) is 16.6 Å². The van der Waals surface area contributed by atoms with Gasteiger partial charge in [0.25, 0.3) is 0 Å². The summed E-state index contributed by atoms with van der Waals surface area (Å²) in [6, 6.07) is -0.562. The molecule has 2 atom stereocenters. The van der Waals surface area contributed by atoms with Crippen molar-refractivity contribution in [1.82, 2.24) is 9.96 Å².